The molecule has 2 aromatic heterocycles. The molecule has 0 radical (unpaired) electrons. The van der Waals surface area contributed by atoms with Crippen molar-refractivity contribution in [3.8, 4) is 0 Å². The summed E-state index contributed by atoms with van der Waals surface area (Å²) in [4.78, 5) is 17.1. The topological polar surface area (TPSA) is 80.0 Å². The SMILES string of the molecule is Cn1cc(C(NC(=O)CCc2nc3ccccc3s2)C2CC(O)C2)cn1. The number of hydrogen-bond donors (Lipinski definition) is 2. The molecule has 1 amide bonds. The molecular formula is C19H22N4O2S. The zero-order valence-corrected chi connectivity index (χ0v) is 15.4. The van der Waals surface area contributed by atoms with Crippen molar-refractivity contribution in [2.45, 2.75) is 37.8 Å². The molecule has 2 N–H and O–H groups in total. The molecule has 4 rings (SSSR count). The average molecular weight is 370 g/mol. The van der Waals surface area contributed by atoms with Crippen LogP contribution in [0.4, 0.5) is 0 Å². The van der Waals surface area contributed by atoms with Gasteiger partial charge < -0.3 is 10.4 Å². The molecule has 136 valence electrons. The second kappa shape index (κ2) is 7.17. The van der Waals surface area contributed by atoms with E-state index in [-0.39, 0.29) is 24.0 Å². The minimum Gasteiger partial charge on any atom is -0.393 e. The van der Waals surface area contributed by atoms with Crippen LogP contribution >= 0.6 is 11.3 Å². The van der Waals surface area contributed by atoms with Crippen LogP contribution in [-0.4, -0.2) is 31.9 Å². The number of para-hydroxylation sites is 1. The van der Waals surface area contributed by atoms with Crippen molar-refractivity contribution < 1.29 is 9.90 Å². The highest BCUT2D eigenvalue weighted by molar-refractivity contribution is 7.18. The maximum Gasteiger partial charge on any atom is 0.220 e. The third-order valence-electron chi connectivity index (χ3n) is 4.93. The number of nitrogens with zero attached hydrogens (tertiary/aromatic N) is 3. The number of benzene rings is 1. The predicted octanol–water partition coefficient (Wildman–Crippen LogP) is 2.59. The predicted molar refractivity (Wildman–Crippen MR) is 101 cm³/mol. The van der Waals surface area contributed by atoms with Crippen molar-refractivity contribution in [1.29, 1.82) is 0 Å². The Bertz CT molecular complexity index is 880. The molecule has 6 nitrogen and oxygen atoms in total. The number of aliphatic hydroxyl groups excluding tert-OH is 1. The smallest absolute Gasteiger partial charge is 0.220 e. The van der Waals surface area contributed by atoms with Gasteiger partial charge in [0.1, 0.15) is 0 Å². The van der Waals surface area contributed by atoms with E-state index in [4.69, 9.17) is 0 Å². The fourth-order valence-electron chi connectivity index (χ4n) is 3.47. The van der Waals surface area contributed by atoms with E-state index in [2.05, 4.69) is 21.5 Å². The van der Waals surface area contributed by atoms with E-state index in [1.807, 2.05) is 31.4 Å². The minimum atomic E-state index is -0.251. The van der Waals surface area contributed by atoms with Crippen LogP contribution in [0.5, 0.6) is 0 Å². The number of aryl methyl sites for hydroxylation is 2. The molecule has 1 aliphatic rings. The molecule has 0 spiro atoms. The Morgan fingerprint density at radius 3 is 2.92 bits per heavy atom. The maximum absolute atomic E-state index is 12.5. The second-order valence-electron chi connectivity index (χ2n) is 6.95. The van der Waals surface area contributed by atoms with Gasteiger partial charge in [0.2, 0.25) is 5.91 Å². The van der Waals surface area contributed by atoms with Crippen LogP contribution in [0.25, 0.3) is 10.2 Å². The summed E-state index contributed by atoms with van der Waals surface area (Å²) in [5.41, 5.74) is 1.99. The number of carbonyl (C=O) groups excluding carboxylic acids is 1. The van der Waals surface area contributed by atoms with Gasteiger partial charge in [-0.15, -0.1) is 11.3 Å². The normalized spacial score (nSPS) is 20.7. The summed E-state index contributed by atoms with van der Waals surface area (Å²) >= 11 is 1.64. The van der Waals surface area contributed by atoms with Crippen LogP contribution in [-0.2, 0) is 18.3 Å². The van der Waals surface area contributed by atoms with Gasteiger partial charge in [-0.05, 0) is 30.9 Å². The monoisotopic (exact) mass is 370 g/mol. The number of aromatic nitrogens is 3. The average Bonchev–Trinajstić information content (AvgIpc) is 3.21. The van der Waals surface area contributed by atoms with Gasteiger partial charge in [-0.2, -0.15) is 5.10 Å². The lowest BCUT2D eigenvalue weighted by Crippen LogP contribution is -2.41. The number of aliphatic hydroxyl groups is 1. The van der Waals surface area contributed by atoms with E-state index in [0.29, 0.717) is 12.8 Å². The summed E-state index contributed by atoms with van der Waals surface area (Å²) < 4.78 is 2.89. The van der Waals surface area contributed by atoms with Gasteiger partial charge in [-0.1, -0.05) is 12.1 Å². The molecule has 1 aromatic carbocycles. The van der Waals surface area contributed by atoms with Crippen molar-refractivity contribution in [1.82, 2.24) is 20.1 Å². The highest BCUT2D eigenvalue weighted by atomic mass is 32.1. The lowest BCUT2D eigenvalue weighted by Gasteiger charge is -2.37. The van der Waals surface area contributed by atoms with Gasteiger partial charge in [-0.3, -0.25) is 9.48 Å². The first-order valence-electron chi connectivity index (χ1n) is 8.89. The fraction of sp³-hybridized carbons (Fsp3) is 0.421. The molecule has 3 aromatic rings. The van der Waals surface area contributed by atoms with Crippen molar-refractivity contribution in [2.75, 3.05) is 0 Å². The van der Waals surface area contributed by atoms with Crippen molar-refractivity contribution >= 4 is 27.5 Å². The van der Waals surface area contributed by atoms with Crippen LogP contribution in [0.1, 0.15) is 35.9 Å². The van der Waals surface area contributed by atoms with Gasteiger partial charge >= 0.3 is 0 Å². The van der Waals surface area contributed by atoms with E-state index in [9.17, 15) is 9.90 Å². The van der Waals surface area contributed by atoms with Gasteiger partial charge in [0, 0.05) is 31.6 Å². The Balaban J connectivity index is 1.39. The van der Waals surface area contributed by atoms with Gasteiger partial charge in [0.05, 0.1) is 33.6 Å². The first-order chi connectivity index (χ1) is 12.6. The highest BCUT2D eigenvalue weighted by Gasteiger charge is 2.36. The molecule has 1 aliphatic carbocycles. The zero-order valence-electron chi connectivity index (χ0n) is 14.6. The lowest BCUT2D eigenvalue weighted by atomic mass is 9.75. The number of thiazole rings is 1. The first-order valence-corrected chi connectivity index (χ1v) is 9.70. The van der Waals surface area contributed by atoms with E-state index in [1.165, 1.54) is 0 Å². The standard InChI is InChI=1S/C19H22N4O2S/c1-23-11-13(10-20-23)19(12-8-14(24)9-12)22-17(25)6-7-18-21-15-4-2-3-5-16(15)26-18/h2-5,10-12,14,19,24H,6-9H2,1H3,(H,22,25). The molecule has 0 aliphatic heterocycles. The Morgan fingerprint density at radius 2 is 2.23 bits per heavy atom. The quantitative estimate of drug-likeness (QED) is 0.699. The first kappa shape index (κ1) is 17.2. The largest absolute Gasteiger partial charge is 0.393 e. The summed E-state index contributed by atoms with van der Waals surface area (Å²) in [7, 11) is 1.87. The number of rotatable bonds is 6. The van der Waals surface area contributed by atoms with Crippen LogP contribution in [0, 0.1) is 5.92 Å². The number of amides is 1. The van der Waals surface area contributed by atoms with E-state index in [0.717, 1.165) is 33.6 Å². The molecule has 2 heterocycles. The number of carbonyl (C=O) groups is 1. The molecule has 0 saturated heterocycles. The summed E-state index contributed by atoms with van der Waals surface area (Å²) in [5, 5.41) is 18.0. The summed E-state index contributed by atoms with van der Waals surface area (Å²) in [6.07, 6.45) is 5.96. The second-order valence-corrected chi connectivity index (χ2v) is 8.07. The number of nitrogens with one attached hydrogen (secondary N) is 1. The van der Waals surface area contributed by atoms with Crippen molar-refractivity contribution in [3.05, 3.63) is 47.2 Å². The zero-order chi connectivity index (χ0) is 18.1. The molecule has 1 unspecified atom stereocenters. The van der Waals surface area contributed by atoms with Crippen molar-refractivity contribution in [3.63, 3.8) is 0 Å². The third kappa shape index (κ3) is 3.64. The lowest BCUT2D eigenvalue weighted by molar-refractivity contribution is -0.123. The highest BCUT2D eigenvalue weighted by Crippen LogP contribution is 2.38. The van der Waals surface area contributed by atoms with Gasteiger partial charge in [-0.25, -0.2) is 4.98 Å². The van der Waals surface area contributed by atoms with E-state index >= 15 is 0 Å². The Kier molecular flexibility index (Phi) is 4.74. The van der Waals surface area contributed by atoms with Crippen LogP contribution in [0.2, 0.25) is 0 Å². The number of fused-ring (bicyclic) bond motifs is 1. The summed E-state index contributed by atoms with van der Waals surface area (Å²) in [5.74, 6) is 0.278. The van der Waals surface area contributed by atoms with Crippen LogP contribution < -0.4 is 5.32 Å². The fourth-order valence-corrected chi connectivity index (χ4v) is 4.44. The third-order valence-corrected chi connectivity index (χ3v) is 6.02. The Labute approximate surface area is 155 Å². The van der Waals surface area contributed by atoms with Crippen molar-refractivity contribution in [2.24, 2.45) is 13.0 Å². The minimum absolute atomic E-state index is 0.0134. The van der Waals surface area contributed by atoms with E-state index < -0.39 is 0 Å². The maximum atomic E-state index is 12.5. The Hall–Kier alpha value is -2.25. The molecule has 26 heavy (non-hydrogen) atoms. The summed E-state index contributed by atoms with van der Waals surface area (Å²) in [6.45, 7) is 0. The molecule has 0 bridgehead atoms. The number of hydrogen-bond acceptors (Lipinski definition) is 5. The Morgan fingerprint density at radius 1 is 1.42 bits per heavy atom. The molecule has 1 saturated carbocycles. The van der Waals surface area contributed by atoms with Crippen LogP contribution in [0.3, 0.4) is 0 Å². The molecule has 7 heteroatoms. The van der Waals surface area contributed by atoms with Gasteiger partial charge in [0.25, 0.3) is 0 Å². The molecular weight excluding hydrogens is 348 g/mol. The summed E-state index contributed by atoms with van der Waals surface area (Å²) in [6, 6.07) is 7.94. The molecule has 1 atom stereocenters. The van der Waals surface area contributed by atoms with Gasteiger partial charge in [0.15, 0.2) is 0 Å². The van der Waals surface area contributed by atoms with E-state index in [1.54, 1.807) is 22.2 Å². The molecule has 1 fully saturated rings. The van der Waals surface area contributed by atoms with Crippen LogP contribution in [0.15, 0.2) is 36.7 Å².